The Kier molecular flexibility index (Phi) is 5.66. The second kappa shape index (κ2) is 8.14. The van der Waals surface area contributed by atoms with E-state index in [1.54, 1.807) is 30.3 Å². The fraction of sp³-hybridized carbons (Fsp3) is 0.100. The van der Waals surface area contributed by atoms with E-state index in [2.05, 4.69) is 9.72 Å². The molecule has 1 heterocycles. The van der Waals surface area contributed by atoms with Gasteiger partial charge in [0.15, 0.2) is 17.4 Å². The van der Waals surface area contributed by atoms with E-state index in [1.165, 1.54) is 25.4 Å². The van der Waals surface area contributed by atoms with Crippen LogP contribution in [0.25, 0.3) is 11.1 Å². The molecule has 0 saturated carbocycles. The number of hydrogen-bond acceptors (Lipinski definition) is 4. The van der Waals surface area contributed by atoms with Crippen LogP contribution < -0.4 is 4.74 Å². The van der Waals surface area contributed by atoms with Crippen LogP contribution in [0.1, 0.15) is 5.56 Å². The van der Waals surface area contributed by atoms with E-state index in [4.69, 9.17) is 16.3 Å². The summed E-state index contributed by atoms with van der Waals surface area (Å²) in [5.74, 6) is -2.37. The molecule has 4 nitrogen and oxygen atoms in total. The highest BCUT2D eigenvalue weighted by Crippen LogP contribution is 2.30. The standard InChI is InChI=1S/C20H14ClF2NO3/c1-26-19(25)8-12-3-2-4-13(7-12)14-5-6-18(16(22)9-14)27-20-17(23)10-15(21)11-24-20/h2-7,9-11H,8H2,1H3. The van der Waals surface area contributed by atoms with Crippen LogP contribution in [0.15, 0.2) is 54.7 Å². The highest BCUT2D eigenvalue weighted by atomic mass is 35.5. The van der Waals surface area contributed by atoms with Crippen molar-refractivity contribution in [3.05, 3.63) is 76.9 Å². The summed E-state index contributed by atoms with van der Waals surface area (Å²) < 4.78 is 38.0. The Morgan fingerprint density at radius 1 is 1.07 bits per heavy atom. The van der Waals surface area contributed by atoms with Crippen molar-refractivity contribution in [2.45, 2.75) is 6.42 Å². The molecule has 0 atom stereocenters. The molecule has 0 aliphatic rings. The molecule has 0 saturated heterocycles. The van der Waals surface area contributed by atoms with E-state index in [9.17, 15) is 13.6 Å². The summed E-state index contributed by atoms with van der Waals surface area (Å²) in [6, 6.07) is 12.4. The lowest BCUT2D eigenvalue weighted by atomic mass is 10.0. The molecule has 3 rings (SSSR count). The summed E-state index contributed by atoms with van der Waals surface area (Å²) in [5.41, 5.74) is 2.04. The highest BCUT2D eigenvalue weighted by Gasteiger charge is 2.12. The van der Waals surface area contributed by atoms with Crippen LogP contribution >= 0.6 is 11.6 Å². The quantitative estimate of drug-likeness (QED) is 0.563. The molecule has 0 fully saturated rings. The molecule has 138 valence electrons. The Hall–Kier alpha value is -2.99. The third-order valence-corrected chi connectivity index (χ3v) is 3.96. The van der Waals surface area contributed by atoms with Crippen LogP contribution in [0.3, 0.4) is 0 Å². The molecule has 0 amide bonds. The summed E-state index contributed by atoms with van der Waals surface area (Å²) in [6.07, 6.45) is 1.33. The van der Waals surface area contributed by atoms with Crippen molar-refractivity contribution in [1.82, 2.24) is 4.98 Å². The first-order chi connectivity index (χ1) is 13.0. The fourth-order valence-corrected chi connectivity index (χ4v) is 2.59. The van der Waals surface area contributed by atoms with Crippen LogP contribution in [0.2, 0.25) is 5.02 Å². The number of rotatable bonds is 5. The molecular weight excluding hydrogens is 376 g/mol. The second-order valence-electron chi connectivity index (χ2n) is 5.64. The summed E-state index contributed by atoms with van der Waals surface area (Å²) in [7, 11) is 1.32. The highest BCUT2D eigenvalue weighted by molar-refractivity contribution is 6.30. The zero-order chi connectivity index (χ0) is 19.4. The molecule has 0 spiro atoms. The molecule has 0 aliphatic heterocycles. The Balaban J connectivity index is 1.84. The van der Waals surface area contributed by atoms with Crippen molar-refractivity contribution in [2.75, 3.05) is 7.11 Å². The van der Waals surface area contributed by atoms with Gasteiger partial charge in [0.2, 0.25) is 0 Å². The van der Waals surface area contributed by atoms with Crippen molar-refractivity contribution in [3.63, 3.8) is 0 Å². The van der Waals surface area contributed by atoms with Gasteiger partial charge >= 0.3 is 5.97 Å². The maximum Gasteiger partial charge on any atom is 0.309 e. The van der Waals surface area contributed by atoms with E-state index in [0.29, 0.717) is 5.56 Å². The number of pyridine rings is 1. The molecule has 2 aromatic carbocycles. The minimum absolute atomic E-state index is 0.113. The fourth-order valence-electron chi connectivity index (χ4n) is 2.44. The first-order valence-electron chi connectivity index (χ1n) is 7.91. The Morgan fingerprint density at radius 3 is 2.56 bits per heavy atom. The third-order valence-electron chi connectivity index (χ3n) is 3.75. The van der Waals surface area contributed by atoms with Gasteiger partial charge in [-0.2, -0.15) is 0 Å². The van der Waals surface area contributed by atoms with Gasteiger partial charge in [-0.15, -0.1) is 0 Å². The second-order valence-corrected chi connectivity index (χ2v) is 6.08. The molecule has 1 aromatic heterocycles. The lowest BCUT2D eigenvalue weighted by Gasteiger charge is -2.09. The third kappa shape index (κ3) is 4.60. The van der Waals surface area contributed by atoms with Crippen molar-refractivity contribution in [2.24, 2.45) is 0 Å². The minimum atomic E-state index is -0.790. The van der Waals surface area contributed by atoms with E-state index in [1.807, 2.05) is 0 Å². The monoisotopic (exact) mass is 389 g/mol. The van der Waals surface area contributed by atoms with Crippen molar-refractivity contribution >= 4 is 17.6 Å². The first-order valence-corrected chi connectivity index (χ1v) is 8.28. The normalized spacial score (nSPS) is 10.5. The van der Waals surface area contributed by atoms with Gasteiger partial charge in [0.1, 0.15) is 0 Å². The molecule has 0 radical (unpaired) electrons. The van der Waals surface area contributed by atoms with E-state index >= 15 is 0 Å². The molecule has 27 heavy (non-hydrogen) atoms. The SMILES string of the molecule is COC(=O)Cc1cccc(-c2ccc(Oc3ncc(Cl)cc3F)c(F)c2)c1. The summed E-state index contributed by atoms with van der Waals surface area (Å²) in [5, 5.41) is 0.113. The average Bonchev–Trinajstić information content (AvgIpc) is 2.65. The summed E-state index contributed by atoms with van der Waals surface area (Å²) >= 11 is 5.63. The van der Waals surface area contributed by atoms with Gasteiger partial charge in [-0.25, -0.2) is 13.8 Å². The number of nitrogens with zero attached hydrogens (tertiary/aromatic N) is 1. The number of ether oxygens (including phenoxy) is 2. The predicted octanol–water partition coefficient (Wildman–Crippen LogP) is 5.19. The number of carbonyl (C=O) groups excluding carboxylic acids is 1. The number of benzene rings is 2. The lowest BCUT2D eigenvalue weighted by Crippen LogP contribution is -2.04. The Bertz CT molecular complexity index is 995. The number of aromatic nitrogens is 1. The largest absolute Gasteiger partial charge is 0.469 e. The number of esters is 1. The molecule has 7 heteroatoms. The minimum Gasteiger partial charge on any atom is -0.469 e. The van der Waals surface area contributed by atoms with Crippen LogP contribution in [0.5, 0.6) is 11.6 Å². The number of halogens is 3. The van der Waals surface area contributed by atoms with Crippen LogP contribution in [0, 0.1) is 11.6 Å². The van der Waals surface area contributed by atoms with Crippen molar-refractivity contribution < 1.29 is 23.0 Å². The molecule has 0 unspecified atom stereocenters. The van der Waals surface area contributed by atoms with Gasteiger partial charge in [-0.3, -0.25) is 4.79 Å². The van der Waals surface area contributed by atoms with Gasteiger partial charge in [-0.1, -0.05) is 41.9 Å². The van der Waals surface area contributed by atoms with Gasteiger partial charge in [0.25, 0.3) is 5.88 Å². The van der Waals surface area contributed by atoms with Crippen molar-refractivity contribution in [3.8, 4) is 22.8 Å². The number of carbonyl (C=O) groups is 1. The van der Waals surface area contributed by atoms with E-state index in [0.717, 1.165) is 17.2 Å². The smallest absolute Gasteiger partial charge is 0.309 e. The van der Waals surface area contributed by atoms with E-state index < -0.39 is 11.6 Å². The molecule has 0 aliphatic carbocycles. The van der Waals surface area contributed by atoms with E-state index in [-0.39, 0.29) is 29.0 Å². The topological polar surface area (TPSA) is 48.4 Å². The van der Waals surface area contributed by atoms with Crippen LogP contribution in [-0.2, 0) is 16.0 Å². The van der Waals surface area contributed by atoms with Gasteiger partial charge < -0.3 is 9.47 Å². The van der Waals surface area contributed by atoms with Gasteiger partial charge in [0.05, 0.1) is 18.6 Å². The summed E-state index contributed by atoms with van der Waals surface area (Å²) in [4.78, 5) is 15.1. The van der Waals surface area contributed by atoms with Crippen LogP contribution in [0.4, 0.5) is 8.78 Å². The molecular formula is C20H14ClF2NO3. The van der Waals surface area contributed by atoms with Gasteiger partial charge in [0, 0.05) is 6.20 Å². The van der Waals surface area contributed by atoms with Gasteiger partial charge in [-0.05, 0) is 34.9 Å². The number of hydrogen-bond donors (Lipinski definition) is 0. The predicted molar refractivity (Wildman–Crippen MR) is 96.8 cm³/mol. The molecule has 3 aromatic rings. The van der Waals surface area contributed by atoms with Crippen LogP contribution in [-0.4, -0.2) is 18.1 Å². The van der Waals surface area contributed by atoms with Crippen molar-refractivity contribution in [1.29, 1.82) is 0 Å². The molecule has 0 N–H and O–H groups in total. The Morgan fingerprint density at radius 2 is 1.85 bits per heavy atom. The Labute approximate surface area is 159 Å². The first kappa shape index (κ1) is 18.8. The average molecular weight is 390 g/mol. The number of methoxy groups -OCH3 is 1. The maximum atomic E-state index is 14.4. The zero-order valence-corrected chi connectivity index (χ0v) is 15.0. The molecule has 0 bridgehead atoms. The maximum absolute atomic E-state index is 14.4. The summed E-state index contributed by atoms with van der Waals surface area (Å²) in [6.45, 7) is 0. The lowest BCUT2D eigenvalue weighted by molar-refractivity contribution is -0.139. The zero-order valence-electron chi connectivity index (χ0n) is 14.2.